The lowest BCUT2D eigenvalue weighted by Crippen LogP contribution is -2.37. The molecule has 0 radical (unpaired) electrons. The van der Waals surface area contributed by atoms with Crippen molar-refractivity contribution < 1.29 is 14.0 Å². The molecular formula is C20H23FN2O2. The van der Waals surface area contributed by atoms with Crippen molar-refractivity contribution >= 4 is 17.5 Å². The summed E-state index contributed by atoms with van der Waals surface area (Å²) >= 11 is 0. The zero-order chi connectivity index (χ0) is 18.2. The molecule has 0 aromatic heterocycles. The second-order valence-corrected chi connectivity index (χ2v) is 6.00. The SMILES string of the molecule is CCCC(C(=O)N(C)CC(=O)Nc1ccc(F)cc1)c1ccccc1. The monoisotopic (exact) mass is 342 g/mol. The number of benzene rings is 2. The van der Waals surface area contributed by atoms with Crippen LogP contribution in [-0.2, 0) is 9.59 Å². The van der Waals surface area contributed by atoms with Crippen LogP contribution in [0.1, 0.15) is 31.2 Å². The smallest absolute Gasteiger partial charge is 0.243 e. The molecule has 0 fully saturated rings. The van der Waals surface area contributed by atoms with Crippen LogP contribution in [0.25, 0.3) is 0 Å². The molecule has 0 spiro atoms. The fraction of sp³-hybridized carbons (Fsp3) is 0.300. The van der Waals surface area contributed by atoms with E-state index in [2.05, 4.69) is 5.32 Å². The number of carbonyl (C=O) groups excluding carboxylic acids is 2. The molecule has 4 nitrogen and oxygen atoms in total. The molecule has 5 heteroatoms. The zero-order valence-electron chi connectivity index (χ0n) is 14.5. The summed E-state index contributed by atoms with van der Waals surface area (Å²) in [6, 6.07) is 15.1. The Morgan fingerprint density at radius 1 is 1.08 bits per heavy atom. The van der Waals surface area contributed by atoms with Gasteiger partial charge in [-0.1, -0.05) is 43.7 Å². The van der Waals surface area contributed by atoms with Gasteiger partial charge in [0.15, 0.2) is 0 Å². The Hall–Kier alpha value is -2.69. The largest absolute Gasteiger partial charge is 0.336 e. The fourth-order valence-corrected chi connectivity index (χ4v) is 2.70. The third-order valence-corrected chi connectivity index (χ3v) is 3.96. The number of hydrogen-bond acceptors (Lipinski definition) is 2. The van der Waals surface area contributed by atoms with Crippen molar-refractivity contribution in [1.82, 2.24) is 4.90 Å². The van der Waals surface area contributed by atoms with Crippen LogP contribution in [0.5, 0.6) is 0 Å². The summed E-state index contributed by atoms with van der Waals surface area (Å²) in [4.78, 5) is 26.3. The zero-order valence-corrected chi connectivity index (χ0v) is 14.5. The maximum atomic E-state index is 12.9. The lowest BCUT2D eigenvalue weighted by molar-refractivity contribution is -0.134. The number of likely N-dealkylation sites (N-methyl/N-ethyl adjacent to an activating group) is 1. The fourth-order valence-electron chi connectivity index (χ4n) is 2.70. The molecule has 2 aromatic rings. The third kappa shape index (κ3) is 5.41. The topological polar surface area (TPSA) is 49.4 Å². The lowest BCUT2D eigenvalue weighted by atomic mass is 9.93. The number of halogens is 1. The van der Waals surface area contributed by atoms with Crippen molar-refractivity contribution in [1.29, 1.82) is 0 Å². The Labute approximate surface area is 147 Å². The van der Waals surface area contributed by atoms with E-state index in [1.165, 1.54) is 29.2 Å². The Morgan fingerprint density at radius 3 is 2.32 bits per heavy atom. The van der Waals surface area contributed by atoms with Crippen molar-refractivity contribution in [3.63, 3.8) is 0 Å². The molecule has 2 rings (SSSR count). The summed E-state index contributed by atoms with van der Waals surface area (Å²) in [6.45, 7) is 1.98. The number of nitrogens with one attached hydrogen (secondary N) is 1. The molecule has 0 aliphatic carbocycles. The van der Waals surface area contributed by atoms with Gasteiger partial charge in [0.1, 0.15) is 5.82 Å². The van der Waals surface area contributed by atoms with Crippen LogP contribution in [0.3, 0.4) is 0 Å². The highest BCUT2D eigenvalue weighted by atomic mass is 19.1. The number of rotatable bonds is 7. The second kappa shape index (κ2) is 8.97. The number of amides is 2. The van der Waals surface area contributed by atoms with Gasteiger partial charge in [-0.05, 0) is 36.2 Å². The van der Waals surface area contributed by atoms with Gasteiger partial charge in [0.05, 0.1) is 12.5 Å². The van der Waals surface area contributed by atoms with E-state index >= 15 is 0 Å². The lowest BCUT2D eigenvalue weighted by Gasteiger charge is -2.23. The molecule has 132 valence electrons. The molecule has 2 amide bonds. The quantitative estimate of drug-likeness (QED) is 0.832. The van der Waals surface area contributed by atoms with Crippen LogP contribution in [0.15, 0.2) is 54.6 Å². The minimum absolute atomic E-state index is 0.0523. The van der Waals surface area contributed by atoms with E-state index in [0.29, 0.717) is 5.69 Å². The van der Waals surface area contributed by atoms with E-state index in [0.717, 1.165) is 18.4 Å². The van der Waals surface area contributed by atoms with Gasteiger partial charge in [0.2, 0.25) is 11.8 Å². The van der Waals surface area contributed by atoms with Gasteiger partial charge in [0.25, 0.3) is 0 Å². The minimum Gasteiger partial charge on any atom is -0.336 e. The predicted octanol–water partition coefficient (Wildman–Crippen LogP) is 3.81. The molecule has 2 aromatic carbocycles. The Morgan fingerprint density at radius 2 is 1.72 bits per heavy atom. The first-order valence-electron chi connectivity index (χ1n) is 8.36. The first kappa shape index (κ1) is 18.6. The standard InChI is InChI=1S/C20H23FN2O2/c1-3-7-18(15-8-5-4-6-9-15)20(25)23(2)14-19(24)22-17-12-10-16(21)11-13-17/h4-6,8-13,18H,3,7,14H2,1-2H3,(H,22,24). The first-order chi connectivity index (χ1) is 12.0. The van der Waals surface area contributed by atoms with Crippen molar-refractivity contribution in [2.45, 2.75) is 25.7 Å². The highest BCUT2D eigenvalue weighted by Gasteiger charge is 2.24. The molecule has 0 heterocycles. The molecular weight excluding hydrogens is 319 g/mol. The van der Waals surface area contributed by atoms with Crippen LogP contribution in [0.2, 0.25) is 0 Å². The number of anilines is 1. The van der Waals surface area contributed by atoms with E-state index in [1.807, 2.05) is 37.3 Å². The highest BCUT2D eigenvalue weighted by molar-refractivity contribution is 5.95. The third-order valence-electron chi connectivity index (χ3n) is 3.96. The van der Waals surface area contributed by atoms with Crippen LogP contribution >= 0.6 is 0 Å². The Bertz CT molecular complexity index is 701. The minimum atomic E-state index is -0.365. The van der Waals surface area contributed by atoms with Crippen LogP contribution in [0.4, 0.5) is 10.1 Å². The van der Waals surface area contributed by atoms with E-state index in [-0.39, 0.29) is 30.1 Å². The molecule has 1 N–H and O–H groups in total. The van der Waals surface area contributed by atoms with Crippen molar-refractivity contribution in [2.24, 2.45) is 0 Å². The van der Waals surface area contributed by atoms with Gasteiger partial charge in [-0.2, -0.15) is 0 Å². The predicted molar refractivity (Wildman–Crippen MR) is 96.8 cm³/mol. The van der Waals surface area contributed by atoms with Crippen molar-refractivity contribution in [3.8, 4) is 0 Å². The average Bonchev–Trinajstić information content (AvgIpc) is 2.61. The Balaban J connectivity index is 1.99. The number of carbonyl (C=O) groups is 2. The van der Waals surface area contributed by atoms with Crippen LogP contribution in [0, 0.1) is 5.82 Å². The average molecular weight is 342 g/mol. The molecule has 0 saturated carbocycles. The van der Waals surface area contributed by atoms with Gasteiger partial charge in [0, 0.05) is 12.7 Å². The van der Waals surface area contributed by atoms with Gasteiger partial charge in [-0.25, -0.2) is 4.39 Å². The molecule has 0 saturated heterocycles. The van der Waals surface area contributed by atoms with Crippen molar-refractivity contribution in [3.05, 3.63) is 66.0 Å². The summed E-state index contributed by atoms with van der Waals surface area (Å²) in [7, 11) is 1.62. The van der Waals surface area contributed by atoms with E-state index in [9.17, 15) is 14.0 Å². The number of nitrogens with zero attached hydrogens (tertiary/aromatic N) is 1. The maximum Gasteiger partial charge on any atom is 0.243 e. The van der Waals surface area contributed by atoms with E-state index in [1.54, 1.807) is 7.05 Å². The van der Waals surface area contributed by atoms with Gasteiger partial charge < -0.3 is 10.2 Å². The summed E-state index contributed by atoms with van der Waals surface area (Å²) in [6.07, 6.45) is 1.60. The van der Waals surface area contributed by atoms with Gasteiger partial charge in [-0.15, -0.1) is 0 Å². The molecule has 0 bridgehead atoms. The molecule has 0 aliphatic heterocycles. The van der Waals surface area contributed by atoms with Gasteiger partial charge >= 0.3 is 0 Å². The first-order valence-corrected chi connectivity index (χ1v) is 8.36. The molecule has 25 heavy (non-hydrogen) atoms. The molecule has 0 aliphatic rings. The van der Waals surface area contributed by atoms with Crippen molar-refractivity contribution in [2.75, 3.05) is 18.9 Å². The second-order valence-electron chi connectivity index (χ2n) is 6.00. The summed E-state index contributed by atoms with van der Waals surface area (Å²) < 4.78 is 12.9. The summed E-state index contributed by atoms with van der Waals surface area (Å²) in [5.74, 6) is -1.02. The Kier molecular flexibility index (Phi) is 6.69. The highest BCUT2D eigenvalue weighted by Crippen LogP contribution is 2.23. The van der Waals surface area contributed by atoms with Crippen LogP contribution < -0.4 is 5.32 Å². The number of hydrogen-bond donors (Lipinski definition) is 1. The maximum absolute atomic E-state index is 12.9. The summed E-state index contributed by atoms with van der Waals surface area (Å²) in [5, 5.41) is 2.67. The van der Waals surface area contributed by atoms with E-state index < -0.39 is 0 Å². The molecule has 1 atom stereocenters. The summed E-state index contributed by atoms with van der Waals surface area (Å²) in [5.41, 5.74) is 1.46. The van der Waals surface area contributed by atoms with Gasteiger partial charge in [-0.3, -0.25) is 9.59 Å². The molecule has 1 unspecified atom stereocenters. The van der Waals surface area contributed by atoms with E-state index in [4.69, 9.17) is 0 Å². The normalized spacial score (nSPS) is 11.6. The van der Waals surface area contributed by atoms with Crippen LogP contribution in [-0.4, -0.2) is 30.3 Å².